The average molecular weight is 309 g/mol. The number of benzene rings is 1. The second-order valence-electron chi connectivity index (χ2n) is 5.87. The van der Waals surface area contributed by atoms with Gasteiger partial charge in [-0.1, -0.05) is 28.1 Å². The molecule has 3 unspecified atom stereocenters. The molecule has 2 saturated heterocycles. The van der Waals surface area contributed by atoms with Gasteiger partial charge in [-0.05, 0) is 49.9 Å². The first-order valence-electron chi connectivity index (χ1n) is 6.90. The fourth-order valence-electron chi connectivity index (χ4n) is 3.55. The van der Waals surface area contributed by atoms with E-state index in [1.165, 1.54) is 35.8 Å². The van der Waals surface area contributed by atoms with Crippen LogP contribution in [0, 0.1) is 5.92 Å². The quantitative estimate of drug-likeness (QED) is 0.920. The maximum Gasteiger partial charge on any atom is 0.0231 e. The topological polar surface area (TPSA) is 15.3 Å². The molecule has 3 atom stereocenters. The molecule has 2 aliphatic heterocycles. The molecule has 0 spiro atoms. The van der Waals surface area contributed by atoms with Crippen molar-refractivity contribution in [1.29, 1.82) is 0 Å². The Kier molecular flexibility index (Phi) is 3.73. The summed E-state index contributed by atoms with van der Waals surface area (Å²) in [6.45, 7) is 2.27. The monoisotopic (exact) mass is 308 g/mol. The van der Waals surface area contributed by atoms with Gasteiger partial charge in [0, 0.05) is 29.6 Å². The minimum absolute atomic E-state index is 0.792. The molecule has 98 valence electrons. The molecule has 0 aliphatic carbocycles. The highest BCUT2D eigenvalue weighted by molar-refractivity contribution is 9.10. The Morgan fingerprint density at radius 1 is 1.39 bits per heavy atom. The lowest BCUT2D eigenvalue weighted by Crippen LogP contribution is -2.32. The van der Waals surface area contributed by atoms with Crippen molar-refractivity contribution >= 4 is 15.9 Å². The fraction of sp³-hybridized carbons (Fsp3) is 0.600. The first-order valence-corrected chi connectivity index (χ1v) is 7.69. The zero-order valence-corrected chi connectivity index (χ0v) is 12.5. The van der Waals surface area contributed by atoms with Crippen LogP contribution in [0.4, 0.5) is 0 Å². The average Bonchev–Trinajstić information content (AvgIpc) is 2.90. The molecule has 0 radical (unpaired) electrons. The van der Waals surface area contributed by atoms with Gasteiger partial charge >= 0.3 is 0 Å². The zero-order chi connectivity index (χ0) is 12.5. The van der Waals surface area contributed by atoms with Gasteiger partial charge < -0.3 is 10.2 Å². The molecule has 1 aromatic rings. The second kappa shape index (κ2) is 5.32. The zero-order valence-electron chi connectivity index (χ0n) is 10.9. The first-order chi connectivity index (χ1) is 8.70. The molecule has 18 heavy (non-hydrogen) atoms. The molecule has 0 amide bonds. The summed E-state index contributed by atoms with van der Waals surface area (Å²) in [4.78, 5) is 2.47. The van der Waals surface area contributed by atoms with Gasteiger partial charge in [0.1, 0.15) is 0 Å². The number of fused-ring (bicyclic) bond motifs is 2. The Morgan fingerprint density at radius 2 is 2.28 bits per heavy atom. The van der Waals surface area contributed by atoms with Gasteiger partial charge in [-0.25, -0.2) is 0 Å². The molecule has 3 rings (SSSR count). The maximum absolute atomic E-state index is 3.72. The Bertz CT molecular complexity index is 421. The second-order valence-corrected chi connectivity index (χ2v) is 6.79. The molecule has 1 N–H and O–H groups in total. The highest BCUT2D eigenvalue weighted by Crippen LogP contribution is 2.33. The van der Waals surface area contributed by atoms with Crippen molar-refractivity contribution in [1.82, 2.24) is 10.2 Å². The van der Waals surface area contributed by atoms with Crippen LogP contribution in [0.1, 0.15) is 24.8 Å². The van der Waals surface area contributed by atoms with Crippen LogP contribution in [0.5, 0.6) is 0 Å². The standard InChI is InChI=1S/C15H21BrN2/c1-18(9-11-3-2-4-13(16)7-11)10-12-8-14-5-6-15(12)17-14/h2-4,7,12,14-15,17H,5-6,8-10H2,1H3. The highest BCUT2D eigenvalue weighted by atomic mass is 79.9. The Balaban J connectivity index is 1.54. The van der Waals surface area contributed by atoms with Gasteiger partial charge in [0.25, 0.3) is 0 Å². The van der Waals surface area contributed by atoms with Crippen LogP contribution >= 0.6 is 15.9 Å². The Hall–Kier alpha value is -0.380. The van der Waals surface area contributed by atoms with Crippen molar-refractivity contribution < 1.29 is 0 Å². The van der Waals surface area contributed by atoms with Crippen LogP contribution in [0.3, 0.4) is 0 Å². The third kappa shape index (κ3) is 2.79. The van der Waals surface area contributed by atoms with E-state index in [4.69, 9.17) is 0 Å². The van der Waals surface area contributed by atoms with E-state index >= 15 is 0 Å². The summed E-state index contributed by atoms with van der Waals surface area (Å²) in [5.41, 5.74) is 1.39. The van der Waals surface area contributed by atoms with E-state index in [-0.39, 0.29) is 0 Å². The van der Waals surface area contributed by atoms with Crippen LogP contribution < -0.4 is 5.32 Å². The van der Waals surface area contributed by atoms with E-state index < -0.39 is 0 Å². The van der Waals surface area contributed by atoms with Crippen LogP contribution in [0.15, 0.2) is 28.7 Å². The van der Waals surface area contributed by atoms with Gasteiger partial charge in [0.05, 0.1) is 0 Å². The molecule has 2 heterocycles. The molecular formula is C15H21BrN2. The van der Waals surface area contributed by atoms with Crippen molar-refractivity contribution in [3.05, 3.63) is 34.3 Å². The van der Waals surface area contributed by atoms with Gasteiger partial charge in [0.15, 0.2) is 0 Å². The fourth-order valence-corrected chi connectivity index (χ4v) is 4.00. The normalized spacial score (nSPS) is 30.3. The number of halogens is 1. The number of rotatable bonds is 4. The van der Waals surface area contributed by atoms with Gasteiger partial charge in [-0.3, -0.25) is 0 Å². The summed E-state index contributed by atoms with van der Waals surface area (Å²) in [5.74, 6) is 0.862. The van der Waals surface area contributed by atoms with Crippen LogP contribution in [0.25, 0.3) is 0 Å². The van der Waals surface area contributed by atoms with E-state index in [1.807, 2.05) is 0 Å². The van der Waals surface area contributed by atoms with Crippen LogP contribution in [-0.2, 0) is 6.54 Å². The number of nitrogens with zero attached hydrogens (tertiary/aromatic N) is 1. The van der Waals surface area contributed by atoms with Crippen molar-refractivity contribution in [3.63, 3.8) is 0 Å². The highest BCUT2D eigenvalue weighted by Gasteiger charge is 2.38. The van der Waals surface area contributed by atoms with E-state index in [1.54, 1.807) is 0 Å². The first kappa shape index (κ1) is 12.6. The molecule has 2 bridgehead atoms. The summed E-state index contributed by atoms with van der Waals surface area (Å²) in [5, 5.41) is 3.72. The third-order valence-electron chi connectivity index (χ3n) is 4.32. The van der Waals surface area contributed by atoms with Crippen LogP contribution in [-0.4, -0.2) is 30.6 Å². The van der Waals surface area contributed by atoms with Crippen molar-refractivity contribution in [2.24, 2.45) is 5.92 Å². The molecule has 3 heteroatoms. The van der Waals surface area contributed by atoms with Gasteiger partial charge in [-0.2, -0.15) is 0 Å². The lowest BCUT2D eigenvalue weighted by molar-refractivity contribution is 0.242. The third-order valence-corrected chi connectivity index (χ3v) is 4.81. The summed E-state index contributed by atoms with van der Waals surface area (Å²) < 4.78 is 1.18. The largest absolute Gasteiger partial charge is 0.311 e. The maximum atomic E-state index is 3.72. The van der Waals surface area contributed by atoms with E-state index in [0.29, 0.717) is 0 Å². The summed E-state index contributed by atoms with van der Waals surface area (Å²) in [6, 6.07) is 10.2. The van der Waals surface area contributed by atoms with E-state index in [2.05, 4.69) is 57.5 Å². The minimum atomic E-state index is 0.792. The van der Waals surface area contributed by atoms with E-state index in [9.17, 15) is 0 Å². The number of hydrogen-bond acceptors (Lipinski definition) is 2. The Morgan fingerprint density at radius 3 is 2.94 bits per heavy atom. The Labute approximate surface area is 118 Å². The predicted octanol–water partition coefficient (Wildman–Crippen LogP) is 3.02. The predicted molar refractivity (Wildman–Crippen MR) is 78.5 cm³/mol. The van der Waals surface area contributed by atoms with Gasteiger partial charge in [-0.15, -0.1) is 0 Å². The minimum Gasteiger partial charge on any atom is -0.311 e. The number of nitrogens with one attached hydrogen (secondary N) is 1. The molecule has 0 aromatic heterocycles. The van der Waals surface area contributed by atoms with Crippen LogP contribution in [0.2, 0.25) is 0 Å². The molecule has 2 aliphatic rings. The summed E-state index contributed by atoms with van der Waals surface area (Å²) in [7, 11) is 2.24. The summed E-state index contributed by atoms with van der Waals surface area (Å²) >= 11 is 3.54. The molecule has 0 saturated carbocycles. The SMILES string of the molecule is CN(Cc1cccc(Br)c1)CC1CC2CCC1N2. The lowest BCUT2D eigenvalue weighted by Gasteiger charge is -2.26. The molecule has 2 fully saturated rings. The van der Waals surface area contributed by atoms with Crippen molar-refractivity contribution in [3.8, 4) is 0 Å². The summed E-state index contributed by atoms with van der Waals surface area (Å²) in [6.07, 6.45) is 4.17. The molecule has 2 nitrogen and oxygen atoms in total. The molecule has 1 aromatic carbocycles. The molecular weight excluding hydrogens is 288 g/mol. The van der Waals surface area contributed by atoms with E-state index in [0.717, 1.165) is 24.5 Å². The smallest absolute Gasteiger partial charge is 0.0231 e. The van der Waals surface area contributed by atoms with Crippen molar-refractivity contribution in [2.75, 3.05) is 13.6 Å². The number of hydrogen-bond donors (Lipinski definition) is 1. The van der Waals surface area contributed by atoms with Crippen molar-refractivity contribution in [2.45, 2.75) is 37.9 Å². The van der Waals surface area contributed by atoms with Gasteiger partial charge in [0.2, 0.25) is 0 Å². The lowest BCUT2D eigenvalue weighted by atomic mass is 9.89.